The zero-order valence-corrected chi connectivity index (χ0v) is 16.5. The largest absolute Gasteiger partial charge is 0.491 e. The van der Waals surface area contributed by atoms with Gasteiger partial charge < -0.3 is 15.2 Å². The van der Waals surface area contributed by atoms with Crippen LogP contribution in [0.1, 0.15) is 11.3 Å². The number of thioether (sulfide) groups is 1. The molecule has 2 heterocycles. The first-order chi connectivity index (χ1) is 13.3. The molecule has 1 fully saturated rings. The molecule has 2 aromatic rings. The van der Waals surface area contributed by atoms with Gasteiger partial charge in [0.25, 0.3) is 0 Å². The average Bonchev–Trinajstić information content (AvgIpc) is 2.72. The first-order valence-electron chi connectivity index (χ1n) is 9.61. The Kier molecular flexibility index (Phi) is 8.42. The Bertz CT molecular complexity index is 665. The minimum Gasteiger partial charge on any atom is -0.491 e. The van der Waals surface area contributed by atoms with E-state index in [-0.39, 0.29) is 0 Å². The highest BCUT2D eigenvalue weighted by molar-refractivity contribution is 7.99. The molecule has 0 radical (unpaired) electrons. The first kappa shape index (κ1) is 20.1. The summed E-state index contributed by atoms with van der Waals surface area (Å²) < 4.78 is 5.92. The van der Waals surface area contributed by atoms with E-state index in [0.717, 1.165) is 61.1 Å². The van der Waals surface area contributed by atoms with E-state index in [2.05, 4.69) is 21.3 Å². The van der Waals surface area contributed by atoms with Crippen LogP contribution in [0.15, 0.2) is 48.7 Å². The summed E-state index contributed by atoms with van der Waals surface area (Å²) in [6.45, 7) is 4.72. The minimum absolute atomic E-state index is 0.328. The molecule has 1 aromatic heterocycles. The van der Waals surface area contributed by atoms with E-state index < -0.39 is 6.10 Å². The molecular weight excluding hydrogens is 358 g/mol. The second-order valence-electron chi connectivity index (χ2n) is 6.73. The van der Waals surface area contributed by atoms with Crippen LogP contribution in [0.5, 0.6) is 5.75 Å². The third kappa shape index (κ3) is 7.14. The summed E-state index contributed by atoms with van der Waals surface area (Å²) in [5.41, 5.74) is 2.20. The second-order valence-corrected chi connectivity index (χ2v) is 7.96. The topological polar surface area (TPSA) is 57.6 Å². The number of aromatic nitrogens is 1. The lowest BCUT2D eigenvalue weighted by molar-refractivity contribution is 0.0711. The van der Waals surface area contributed by atoms with Crippen molar-refractivity contribution in [1.29, 1.82) is 0 Å². The quantitative estimate of drug-likeness (QED) is 0.610. The van der Waals surface area contributed by atoms with Crippen molar-refractivity contribution in [2.75, 3.05) is 44.3 Å². The number of aliphatic hydroxyl groups excluding tert-OH is 1. The second kappa shape index (κ2) is 11.3. The smallest absolute Gasteiger partial charge is 0.123 e. The van der Waals surface area contributed by atoms with E-state index in [1.54, 1.807) is 0 Å². The predicted octanol–water partition coefficient (Wildman–Crippen LogP) is 2.20. The van der Waals surface area contributed by atoms with Crippen molar-refractivity contribution in [1.82, 2.24) is 15.2 Å². The Labute approximate surface area is 166 Å². The number of nitrogens with zero attached hydrogens (tertiary/aromatic N) is 2. The number of para-hydroxylation sites is 1. The van der Waals surface area contributed by atoms with Gasteiger partial charge in [-0.25, -0.2) is 0 Å². The Morgan fingerprint density at radius 2 is 1.96 bits per heavy atom. The van der Waals surface area contributed by atoms with E-state index >= 15 is 0 Å². The zero-order valence-electron chi connectivity index (χ0n) is 15.7. The molecule has 0 amide bonds. The molecule has 0 unspecified atom stereocenters. The fourth-order valence-corrected chi connectivity index (χ4v) is 4.08. The van der Waals surface area contributed by atoms with Crippen molar-refractivity contribution < 1.29 is 9.84 Å². The fourth-order valence-electron chi connectivity index (χ4n) is 3.10. The molecule has 1 aromatic carbocycles. The number of pyridine rings is 1. The number of nitrogens with one attached hydrogen (secondary N) is 1. The maximum Gasteiger partial charge on any atom is 0.123 e. The van der Waals surface area contributed by atoms with Gasteiger partial charge in [-0.1, -0.05) is 24.3 Å². The summed E-state index contributed by atoms with van der Waals surface area (Å²) >= 11 is 1.98. The van der Waals surface area contributed by atoms with Crippen molar-refractivity contribution >= 4 is 11.8 Å². The highest BCUT2D eigenvalue weighted by Crippen LogP contribution is 2.18. The molecule has 1 aliphatic heterocycles. The van der Waals surface area contributed by atoms with Crippen molar-refractivity contribution in [3.05, 3.63) is 59.9 Å². The third-order valence-electron chi connectivity index (χ3n) is 4.58. The molecule has 0 spiro atoms. The van der Waals surface area contributed by atoms with Crippen LogP contribution in [0.2, 0.25) is 0 Å². The lowest BCUT2D eigenvalue weighted by Crippen LogP contribution is -2.40. The van der Waals surface area contributed by atoms with Crippen LogP contribution in [0.25, 0.3) is 0 Å². The third-order valence-corrected chi connectivity index (χ3v) is 5.52. The maximum atomic E-state index is 10.3. The van der Waals surface area contributed by atoms with Crippen LogP contribution in [-0.4, -0.2) is 65.4 Å². The fraction of sp³-hybridized carbons (Fsp3) is 0.476. The SMILES string of the molecule is O[C@H](COc1ccccc1CNCCc1ccccn1)CN1CCSCC1. The molecule has 0 aliphatic carbocycles. The van der Waals surface area contributed by atoms with Crippen LogP contribution in [0, 0.1) is 0 Å². The highest BCUT2D eigenvalue weighted by atomic mass is 32.2. The normalized spacial score (nSPS) is 16.2. The summed E-state index contributed by atoms with van der Waals surface area (Å²) in [6.07, 6.45) is 2.27. The van der Waals surface area contributed by atoms with E-state index in [1.807, 2.05) is 54.4 Å². The summed E-state index contributed by atoms with van der Waals surface area (Å²) in [5.74, 6) is 3.15. The van der Waals surface area contributed by atoms with Crippen molar-refractivity contribution in [2.24, 2.45) is 0 Å². The van der Waals surface area contributed by atoms with Crippen LogP contribution < -0.4 is 10.1 Å². The molecule has 5 nitrogen and oxygen atoms in total. The summed E-state index contributed by atoms with van der Waals surface area (Å²) in [5, 5.41) is 13.7. The summed E-state index contributed by atoms with van der Waals surface area (Å²) in [7, 11) is 0. The lowest BCUT2D eigenvalue weighted by atomic mass is 10.2. The van der Waals surface area contributed by atoms with E-state index in [0.29, 0.717) is 13.2 Å². The molecule has 2 N–H and O–H groups in total. The van der Waals surface area contributed by atoms with Crippen LogP contribution in [-0.2, 0) is 13.0 Å². The van der Waals surface area contributed by atoms with Crippen molar-refractivity contribution in [3.63, 3.8) is 0 Å². The van der Waals surface area contributed by atoms with Crippen LogP contribution in [0.4, 0.5) is 0 Å². The Morgan fingerprint density at radius 1 is 1.15 bits per heavy atom. The van der Waals surface area contributed by atoms with Gasteiger partial charge in [0.2, 0.25) is 0 Å². The molecule has 146 valence electrons. The van der Waals surface area contributed by atoms with E-state index in [9.17, 15) is 5.11 Å². The van der Waals surface area contributed by atoms with Gasteiger partial charge in [0.15, 0.2) is 0 Å². The molecule has 1 saturated heterocycles. The average molecular weight is 388 g/mol. The van der Waals surface area contributed by atoms with Gasteiger partial charge in [-0.15, -0.1) is 0 Å². The Morgan fingerprint density at radius 3 is 2.78 bits per heavy atom. The van der Waals surface area contributed by atoms with Gasteiger partial charge >= 0.3 is 0 Å². The van der Waals surface area contributed by atoms with Gasteiger partial charge in [-0.3, -0.25) is 9.88 Å². The van der Waals surface area contributed by atoms with Crippen LogP contribution in [0.3, 0.4) is 0 Å². The monoisotopic (exact) mass is 387 g/mol. The molecule has 6 heteroatoms. The molecule has 27 heavy (non-hydrogen) atoms. The number of hydrogen-bond donors (Lipinski definition) is 2. The number of hydrogen-bond acceptors (Lipinski definition) is 6. The van der Waals surface area contributed by atoms with Crippen molar-refractivity contribution in [3.8, 4) is 5.75 Å². The zero-order chi connectivity index (χ0) is 18.7. The van der Waals surface area contributed by atoms with Crippen LogP contribution >= 0.6 is 11.8 Å². The highest BCUT2D eigenvalue weighted by Gasteiger charge is 2.15. The predicted molar refractivity (Wildman–Crippen MR) is 111 cm³/mol. The van der Waals surface area contributed by atoms with Gasteiger partial charge in [0, 0.05) is 68.1 Å². The Hall–Kier alpha value is -1.60. The number of aliphatic hydroxyl groups is 1. The minimum atomic E-state index is -0.460. The molecular formula is C21H29N3O2S. The number of benzene rings is 1. The molecule has 0 saturated carbocycles. The number of ether oxygens (including phenoxy) is 1. The lowest BCUT2D eigenvalue weighted by Gasteiger charge is -2.28. The van der Waals surface area contributed by atoms with Gasteiger partial charge in [-0.05, 0) is 18.2 Å². The molecule has 3 rings (SSSR count). The first-order valence-corrected chi connectivity index (χ1v) is 10.8. The van der Waals surface area contributed by atoms with Gasteiger partial charge in [0.1, 0.15) is 18.5 Å². The van der Waals surface area contributed by atoms with E-state index in [4.69, 9.17) is 4.74 Å². The summed E-state index contributed by atoms with van der Waals surface area (Å²) in [6, 6.07) is 14.0. The standard InChI is InChI=1S/C21H29N3O2S/c25-20(16-24-11-13-27-14-12-24)17-26-21-7-2-1-5-18(21)15-22-10-8-19-6-3-4-9-23-19/h1-7,9,20,22,25H,8,10-17H2/t20-/m0/s1. The van der Waals surface area contributed by atoms with Gasteiger partial charge in [-0.2, -0.15) is 11.8 Å². The van der Waals surface area contributed by atoms with E-state index in [1.165, 1.54) is 0 Å². The molecule has 1 atom stereocenters. The van der Waals surface area contributed by atoms with Gasteiger partial charge in [0.05, 0.1) is 0 Å². The Balaban J connectivity index is 1.41. The number of β-amino-alcohol motifs (C(OH)–C–C–N with tert-alkyl or cyclic N) is 1. The molecule has 0 bridgehead atoms. The van der Waals surface area contributed by atoms with Crippen molar-refractivity contribution in [2.45, 2.75) is 19.1 Å². The maximum absolute atomic E-state index is 10.3. The summed E-state index contributed by atoms with van der Waals surface area (Å²) in [4.78, 5) is 6.65. The molecule has 1 aliphatic rings. The number of rotatable bonds is 10.